The van der Waals surface area contributed by atoms with Crippen LogP contribution in [0.15, 0.2) is 63.7 Å². The first-order chi connectivity index (χ1) is 15.5. The van der Waals surface area contributed by atoms with Crippen molar-refractivity contribution < 1.29 is 0 Å². The second-order valence-corrected chi connectivity index (χ2v) is 9.95. The Kier molecular flexibility index (Phi) is 7.65. The highest BCUT2D eigenvalue weighted by Crippen LogP contribution is 2.23. The largest absolute Gasteiger partial charge is 0.371 e. The molecule has 2 heterocycles. The van der Waals surface area contributed by atoms with Crippen LogP contribution in [0, 0.1) is 11.3 Å². The summed E-state index contributed by atoms with van der Waals surface area (Å²) >= 11 is 6.96. The lowest BCUT2D eigenvalue weighted by atomic mass is 9.97. The zero-order chi connectivity index (χ0) is 22.5. The molecule has 0 saturated carbocycles. The van der Waals surface area contributed by atoms with Crippen molar-refractivity contribution >= 4 is 43.5 Å². The van der Waals surface area contributed by atoms with Gasteiger partial charge < -0.3 is 15.5 Å². The van der Waals surface area contributed by atoms with Gasteiger partial charge in [0.2, 0.25) is 0 Å². The molecule has 6 nitrogen and oxygen atoms in total. The molecular formula is C24H28Br2N6. The van der Waals surface area contributed by atoms with Gasteiger partial charge in [0, 0.05) is 41.8 Å². The Morgan fingerprint density at radius 2 is 1.78 bits per heavy atom. The lowest BCUT2D eigenvalue weighted by molar-refractivity contribution is 0.251. The van der Waals surface area contributed by atoms with Gasteiger partial charge in [0.05, 0.1) is 11.3 Å². The van der Waals surface area contributed by atoms with E-state index in [-0.39, 0.29) is 0 Å². The molecule has 0 radical (unpaired) electrons. The van der Waals surface area contributed by atoms with Gasteiger partial charge in [0.1, 0.15) is 5.84 Å². The predicted octanol–water partition coefficient (Wildman–Crippen LogP) is 5.27. The first-order valence-electron chi connectivity index (χ1n) is 10.9. The van der Waals surface area contributed by atoms with Crippen molar-refractivity contribution in [2.75, 3.05) is 32.0 Å². The van der Waals surface area contributed by atoms with E-state index in [1.807, 2.05) is 42.2 Å². The number of halogens is 2. The minimum Gasteiger partial charge on any atom is -0.371 e. The van der Waals surface area contributed by atoms with Crippen LogP contribution in [0.2, 0.25) is 0 Å². The highest BCUT2D eigenvalue weighted by molar-refractivity contribution is 9.10. The summed E-state index contributed by atoms with van der Waals surface area (Å²) in [7, 11) is 1.86. The summed E-state index contributed by atoms with van der Waals surface area (Å²) in [6.07, 6.45) is 4.24. The molecule has 168 valence electrons. The monoisotopic (exact) mass is 558 g/mol. The van der Waals surface area contributed by atoms with Gasteiger partial charge in [0.15, 0.2) is 5.82 Å². The molecule has 1 atom stereocenters. The average Bonchev–Trinajstić information content (AvgIpc) is 3.25. The van der Waals surface area contributed by atoms with Gasteiger partial charge in [-0.1, -0.05) is 44.0 Å². The van der Waals surface area contributed by atoms with Gasteiger partial charge in [-0.2, -0.15) is 0 Å². The first kappa shape index (κ1) is 23.0. The summed E-state index contributed by atoms with van der Waals surface area (Å²) in [5.41, 5.74) is 3.09. The van der Waals surface area contributed by atoms with Gasteiger partial charge >= 0.3 is 0 Å². The van der Waals surface area contributed by atoms with Gasteiger partial charge in [-0.3, -0.25) is 5.41 Å². The van der Waals surface area contributed by atoms with Crippen LogP contribution in [0.25, 0.3) is 5.69 Å². The molecule has 1 aliphatic rings. The summed E-state index contributed by atoms with van der Waals surface area (Å²) < 4.78 is 3.97. The average molecular weight is 560 g/mol. The van der Waals surface area contributed by atoms with Crippen molar-refractivity contribution in [1.82, 2.24) is 20.0 Å². The lowest BCUT2D eigenvalue weighted by Gasteiger charge is -2.34. The standard InChI is InChI=1S/C24H28Br2N6/c1-28-24-22(16-32(30-24)21-10-8-20(26)9-11-21)23(27)31-12-2-3-18(15-31)14-29-13-17-4-6-19(25)7-5-17/h4-11,16,18,27,29H,2-3,12-15H2,1H3,(H,28,30). The Balaban J connectivity index is 1.39. The van der Waals surface area contributed by atoms with Crippen LogP contribution in [0.3, 0.4) is 0 Å². The highest BCUT2D eigenvalue weighted by atomic mass is 79.9. The minimum atomic E-state index is 0.527. The second-order valence-electron chi connectivity index (χ2n) is 8.12. The summed E-state index contributed by atoms with van der Waals surface area (Å²) in [5, 5.41) is 20.3. The Hall–Kier alpha value is -2.16. The third-order valence-corrected chi connectivity index (χ3v) is 6.87. The van der Waals surface area contributed by atoms with E-state index in [1.54, 1.807) is 0 Å². The molecule has 0 spiro atoms. The predicted molar refractivity (Wildman–Crippen MR) is 138 cm³/mol. The molecule has 8 heteroatoms. The number of benzene rings is 2. The van der Waals surface area contributed by atoms with Crippen molar-refractivity contribution in [3.05, 3.63) is 74.8 Å². The molecule has 0 bridgehead atoms. The molecule has 2 aromatic carbocycles. The van der Waals surface area contributed by atoms with Crippen LogP contribution in [0.5, 0.6) is 0 Å². The van der Waals surface area contributed by atoms with Gasteiger partial charge in [-0.05, 0) is 67.3 Å². The van der Waals surface area contributed by atoms with E-state index in [0.29, 0.717) is 11.8 Å². The fourth-order valence-electron chi connectivity index (χ4n) is 4.09. The second kappa shape index (κ2) is 10.6. The van der Waals surface area contributed by atoms with E-state index in [4.69, 9.17) is 5.41 Å². The first-order valence-corrected chi connectivity index (χ1v) is 12.4. The number of piperidine rings is 1. The molecule has 3 N–H and O–H groups in total. The van der Waals surface area contributed by atoms with Crippen LogP contribution in [0.4, 0.5) is 5.82 Å². The van der Waals surface area contributed by atoms with Crippen molar-refractivity contribution in [2.45, 2.75) is 19.4 Å². The Morgan fingerprint density at radius 1 is 1.09 bits per heavy atom. The SMILES string of the molecule is CNc1nn(-c2ccc(Br)cc2)cc1C(=N)N1CCCC(CNCc2ccc(Br)cc2)C1. The van der Waals surface area contributed by atoms with E-state index < -0.39 is 0 Å². The van der Waals surface area contributed by atoms with Crippen LogP contribution in [0.1, 0.15) is 24.0 Å². The van der Waals surface area contributed by atoms with Gasteiger partial charge in [-0.15, -0.1) is 5.10 Å². The number of hydrogen-bond donors (Lipinski definition) is 3. The van der Waals surface area contributed by atoms with Crippen molar-refractivity contribution in [3.8, 4) is 5.69 Å². The molecule has 3 aromatic rings. The van der Waals surface area contributed by atoms with Crippen molar-refractivity contribution in [1.29, 1.82) is 5.41 Å². The van der Waals surface area contributed by atoms with E-state index in [0.717, 1.165) is 58.6 Å². The molecule has 1 unspecified atom stereocenters. The molecule has 32 heavy (non-hydrogen) atoms. The van der Waals surface area contributed by atoms with E-state index in [9.17, 15) is 0 Å². The van der Waals surface area contributed by atoms with Gasteiger partial charge in [0.25, 0.3) is 0 Å². The molecule has 0 aliphatic carbocycles. The van der Waals surface area contributed by atoms with Gasteiger partial charge in [-0.25, -0.2) is 4.68 Å². The van der Waals surface area contributed by atoms with Crippen molar-refractivity contribution in [2.24, 2.45) is 5.92 Å². The van der Waals surface area contributed by atoms with E-state index in [2.05, 4.69) is 76.8 Å². The lowest BCUT2D eigenvalue weighted by Crippen LogP contribution is -2.42. The third kappa shape index (κ3) is 5.60. The molecular weight excluding hydrogens is 532 g/mol. The number of nitrogens with one attached hydrogen (secondary N) is 3. The quantitative estimate of drug-likeness (QED) is 0.272. The molecule has 1 saturated heterocycles. The zero-order valence-corrected chi connectivity index (χ0v) is 21.3. The van der Waals surface area contributed by atoms with E-state index >= 15 is 0 Å². The Morgan fingerprint density at radius 3 is 2.47 bits per heavy atom. The zero-order valence-electron chi connectivity index (χ0n) is 18.1. The topological polar surface area (TPSA) is 69.0 Å². The van der Waals surface area contributed by atoms with Crippen LogP contribution in [-0.2, 0) is 6.54 Å². The number of rotatable bonds is 7. The van der Waals surface area contributed by atoms with Crippen molar-refractivity contribution in [3.63, 3.8) is 0 Å². The number of hydrogen-bond acceptors (Lipinski definition) is 4. The Labute approximate surface area is 206 Å². The van der Waals surface area contributed by atoms with Crippen LogP contribution >= 0.6 is 31.9 Å². The van der Waals surface area contributed by atoms with E-state index in [1.165, 1.54) is 12.0 Å². The molecule has 1 fully saturated rings. The maximum atomic E-state index is 8.90. The van der Waals surface area contributed by atoms with Crippen LogP contribution < -0.4 is 10.6 Å². The number of anilines is 1. The normalized spacial score (nSPS) is 16.2. The molecule has 0 amide bonds. The summed E-state index contributed by atoms with van der Waals surface area (Å²) in [6.45, 7) is 3.62. The number of nitrogens with zero attached hydrogens (tertiary/aromatic N) is 3. The summed E-state index contributed by atoms with van der Waals surface area (Å²) in [4.78, 5) is 2.19. The highest BCUT2D eigenvalue weighted by Gasteiger charge is 2.25. The maximum absolute atomic E-state index is 8.90. The summed E-state index contributed by atoms with van der Waals surface area (Å²) in [6, 6.07) is 16.5. The fraction of sp³-hybridized carbons (Fsp3) is 0.333. The third-order valence-electron chi connectivity index (χ3n) is 5.81. The number of amidine groups is 1. The number of likely N-dealkylation sites (tertiary alicyclic amines) is 1. The number of aromatic nitrogens is 2. The molecule has 4 rings (SSSR count). The summed E-state index contributed by atoms with van der Waals surface area (Å²) in [5.74, 6) is 1.79. The molecule has 1 aromatic heterocycles. The van der Waals surface area contributed by atoms with Crippen LogP contribution in [-0.4, -0.2) is 47.2 Å². The fourth-order valence-corrected chi connectivity index (χ4v) is 4.61. The molecule has 1 aliphatic heterocycles. The smallest absolute Gasteiger partial charge is 0.159 e. The maximum Gasteiger partial charge on any atom is 0.159 e. The Bertz CT molecular complexity index is 1050. The minimum absolute atomic E-state index is 0.527.